The summed E-state index contributed by atoms with van der Waals surface area (Å²) in [5, 5.41) is 39.0. The number of rotatable bonds is 12. The monoisotopic (exact) mass is 900 g/mol. The van der Waals surface area contributed by atoms with Crippen LogP contribution in [0.1, 0.15) is 111 Å². The Morgan fingerprint density at radius 2 is 1.63 bits per heavy atom. The van der Waals surface area contributed by atoms with Gasteiger partial charge < -0.3 is 53.2 Å². The molecule has 65 heavy (non-hydrogen) atoms. The molecule has 18 heteroatoms. The molecule has 3 aromatic rings. The van der Waals surface area contributed by atoms with E-state index in [-0.39, 0.29) is 52.1 Å². The predicted octanol–water partition coefficient (Wildman–Crippen LogP) is 3.37. The summed E-state index contributed by atoms with van der Waals surface area (Å²) in [6, 6.07) is 12.4. The number of methoxy groups -OCH3 is 2. The highest BCUT2D eigenvalue weighted by molar-refractivity contribution is 6.31. The molecule has 0 bridgehead atoms. The van der Waals surface area contributed by atoms with Gasteiger partial charge in [-0.15, -0.1) is 0 Å². The zero-order valence-electron chi connectivity index (χ0n) is 36.2. The van der Waals surface area contributed by atoms with Crippen molar-refractivity contribution in [2.24, 2.45) is 0 Å². The molecule has 3 aliphatic heterocycles. The summed E-state index contributed by atoms with van der Waals surface area (Å²) in [7, 11) is 2.87. The Labute approximate surface area is 374 Å². The average Bonchev–Trinajstić information content (AvgIpc) is 3.70. The molecule has 4 fully saturated rings. The number of fused-ring (bicyclic) bond motifs is 6. The number of morpholine rings is 1. The van der Waals surface area contributed by atoms with E-state index >= 15 is 0 Å². The Hall–Kier alpha value is -5.15. The Bertz CT molecular complexity index is 2380. The Kier molecular flexibility index (Phi) is 12.4. The van der Waals surface area contributed by atoms with E-state index in [0.29, 0.717) is 38.8 Å². The first kappa shape index (κ1) is 45.0. The summed E-state index contributed by atoms with van der Waals surface area (Å²) >= 11 is 0. The zero-order chi connectivity index (χ0) is 45.8. The average molecular weight is 901 g/mol. The summed E-state index contributed by atoms with van der Waals surface area (Å²) in [5.74, 6) is -6.39. The van der Waals surface area contributed by atoms with E-state index in [0.717, 1.165) is 6.42 Å². The van der Waals surface area contributed by atoms with Gasteiger partial charge in [0.1, 0.15) is 42.2 Å². The molecule has 0 spiro atoms. The van der Waals surface area contributed by atoms with Crippen LogP contribution in [0.15, 0.2) is 48.5 Å². The highest BCUT2D eigenvalue weighted by Crippen LogP contribution is 2.53. The smallest absolute Gasteiger partial charge is 0.257 e. The Balaban J connectivity index is 1.01. The van der Waals surface area contributed by atoms with Gasteiger partial charge in [-0.05, 0) is 38.0 Å². The summed E-state index contributed by atoms with van der Waals surface area (Å²) < 4.78 is 48.3. The van der Waals surface area contributed by atoms with E-state index in [1.54, 1.807) is 30.3 Å². The van der Waals surface area contributed by atoms with Crippen molar-refractivity contribution < 1.29 is 77.2 Å². The number of ketones is 3. The summed E-state index contributed by atoms with van der Waals surface area (Å²) in [6.45, 7) is 1.49. The minimum absolute atomic E-state index is 0.0641. The zero-order valence-corrected chi connectivity index (χ0v) is 36.2. The van der Waals surface area contributed by atoms with Crippen molar-refractivity contribution in [2.75, 3.05) is 40.6 Å². The van der Waals surface area contributed by atoms with E-state index < -0.39 is 120 Å². The van der Waals surface area contributed by atoms with Gasteiger partial charge in [0, 0.05) is 74.1 Å². The lowest BCUT2D eigenvalue weighted by atomic mass is 9.72. The minimum atomic E-state index is -2.34. The SMILES string of the molecule is COc1cccc2c1C(=O)c1c(O)c3c(c(O)c1C2=O)C[C@@](O)(C(=O)COC1(OCC(=O)NC(=O)c2ccccc2)CCCCC1)C[C@@H]3O[C@H]1C[C@H]2[C@H](O[C@@H]3[C@@H](OC)OCCN32)[C@H](C)O1. The lowest BCUT2D eigenvalue weighted by molar-refractivity contribution is -0.258. The molecule has 18 nitrogen and oxygen atoms in total. The number of Topliss-reactive ketones (excluding diaryl/α,β-unsaturated/α-hetero) is 1. The standard InChI is InChI=1S/C47H52N2O16/c1-24-42-28(49-17-18-60-45(59-3)44(49)65-42)19-33(63-24)64-30-21-46(57,20-27-35(30)41(55)37-36(39(27)53)38(52)26-13-10-14-29(58-2)34(26)40(37)54)31(50)22-61-47(15-8-5-9-16-47)62-23-32(51)48-43(56)25-11-6-4-7-12-25/h4,6-7,10-14,24,28,30,33,42,44-45,53,55,57H,5,8-9,15-23H2,1-3H3,(H,48,51,56)/t24-,28-,30-,33-,42+,44+,45-,46-/m0/s1. The van der Waals surface area contributed by atoms with Crippen molar-refractivity contribution in [3.05, 3.63) is 87.5 Å². The fourth-order valence-corrected chi connectivity index (χ4v) is 10.3. The molecule has 1 saturated carbocycles. The predicted molar refractivity (Wildman–Crippen MR) is 223 cm³/mol. The third-order valence-electron chi connectivity index (χ3n) is 13.5. The fourth-order valence-electron chi connectivity index (χ4n) is 10.3. The summed E-state index contributed by atoms with van der Waals surface area (Å²) in [4.78, 5) is 70.5. The fraction of sp³-hybridized carbons (Fsp3) is 0.511. The molecule has 2 amide bonds. The van der Waals surface area contributed by atoms with Gasteiger partial charge in [0.2, 0.25) is 5.78 Å². The number of phenols is 2. The van der Waals surface area contributed by atoms with Crippen LogP contribution in [0.2, 0.25) is 0 Å². The first-order valence-electron chi connectivity index (χ1n) is 21.9. The van der Waals surface area contributed by atoms with Gasteiger partial charge in [0.15, 0.2) is 36.2 Å². The number of phenolic OH excluding ortho intramolecular Hbond substituents is 2. The van der Waals surface area contributed by atoms with Crippen LogP contribution in [-0.2, 0) is 49.2 Å². The van der Waals surface area contributed by atoms with E-state index in [1.165, 1.54) is 32.4 Å². The molecule has 3 aromatic carbocycles. The first-order chi connectivity index (χ1) is 31.3. The molecule has 9 rings (SSSR count). The van der Waals surface area contributed by atoms with Crippen molar-refractivity contribution >= 4 is 29.2 Å². The quantitative estimate of drug-likeness (QED) is 0.118. The number of carbonyl (C=O) groups is 5. The van der Waals surface area contributed by atoms with Gasteiger partial charge in [-0.2, -0.15) is 0 Å². The number of imide groups is 1. The number of aliphatic hydroxyl groups is 1. The lowest BCUT2D eigenvalue weighted by Gasteiger charge is -2.43. The van der Waals surface area contributed by atoms with E-state index in [2.05, 4.69) is 10.2 Å². The Morgan fingerprint density at radius 1 is 0.892 bits per heavy atom. The number of amides is 2. The molecular weight excluding hydrogens is 849 g/mol. The van der Waals surface area contributed by atoms with Crippen molar-refractivity contribution in [2.45, 2.75) is 113 Å². The highest BCUT2D eigenvalue weighted by Gasteiger charge is 2.55. The van der Waals surface area contributed by atoms with Gasteiger partial charge >= 0.3 is 0 Å². The normalized spacial score (nSPS) is 29.1. The molecule has 3 aliphatic carbocycles. The minimum Gasteiger partial charge on any atom is -0.507 e. The number of nitrogens with zero attached hydrogens (tertiary/aromatic N) is 1. The molecule has 4 N–H and O–H groups in total. The second-order valence-electron chi connectivity index (χ2n) is 17.4. The van der Waals surface area contributed by atoms with Crippen LogP contribution < -0.4 is 10.1 Å². The first-order valence-corrected chi connectivity index (χ1v) is 21.9. The van der Waals surface area contributed by atoms with Gasteiger partial charge in [-0.1, -0.05) is 36.8 Å². The van der Waals surface area contributed by atoms with Crippen molar-refractivity contribution in [1.82, 2.24) is 10.2 Å². The number of aromatic hydroxyl groups is 2. The van der Waals surface area contributed by atoms with Crippen molar-refractivity contribution in [3.8, 4) is 17.2 Å². The van der Waals surface area contributed by atoms with E-state index in [4.69, 9.17) is 37.9 Å². The summed E-state index contributed by atoms with van der Waals surface area (Å²) in [6.07, 6.45) is -2.54. The topological polar surface area (TPSA) is 235 Å². The van der Waals surface area contributed by atoms with Gasteiger partial charge in [0.25, 0.3) is 11.8 Å². The number of ether oxygens (including phenoxy) is 8. The van der Waals surface area contributed by atoms with E-state index in [9.17, 15) is 39.3 Å². The third-order valence-corrected chi connectivity index (χ3v) is 13.5. The van der Waals surface area contributed by atoms with Crippen LogP contribution in [0.4, 0.5) is 0 Å². The maximum Gasteiger partial charge on any atom is 0.257 e. The van der Waals surface area contributed by atoms with Crippen LogP contribution >= 0.6 is 0 Å². The molecule has 346 valence electrons. The van der Waals surface area contributed by atoms with Crippen LogP contribution in [0.3, 0.4) is 0 Å². The van der Waals surface area contributed by atoms with Gasteiger partial charge in [0.05, 0.1) is 42.6 Å². The molecule has 3 saturated heterocycles. The van der Waals surface area contributed by atoms with Gasteiger partial charge in [-0.25, -0.2) is 0 Å². The Morgan fingerprint density at radius 3 is 2.37 bits per heavy atom. The maximum absolute atomic E-state index is 14.5. The molecule has 0 aromatic heterocycles. The lowest BCUT2D eigenvalue weighted by Crippen LogP contribution is -2.55. The van der Waals surface area contributed by atoms with Crippen LogP contribution in [-0.4, -0.2) is 138 Å². The number of carbonyl (C=O) groups excluding carboxylic acids is 5. The van der Waals surface area contributed by atoms with E-state index in [1.807, 2.05) is 6.92 Å². The van der Waals surface area contributed by atoms with Crippen LogP contribution in [0.25, 0.3) is 0 Å². The number of hydrogen-bond donors (Lipinski definition) is 4. The van der Waals surface area contributed by atoms with Crippen molar-refractivity contribution in [1.29, 1.82) is 0 Å². The van der Waals surface area contributed by atoms with Crippen molar-refractivity contribution in [3.63, 3.8) is 0 Å². The third kappa shape index (κ3) is 8.14. The molecule has 6 aliphatic rings. The molecule has 3 heterocycles. The van der Waals surface area contributed by atoms with Crippen LogP contribution in [0.5, 0.6) is 17.2 Å². The largest absolute Gasteiger partial charge is 0.507 e. The number of hydrogen-bond acceptors (Lipinski definition) is 17. The second kappa shape index (κ2) is 17.9. The molecule has 8 atom stereocenters. The highest BCUT2D eigenvalue weighted by atomic mass is 16.7. The maximum atomic E-state index is 14.5. The summed E-state index contributed by atoms with van der Waals surface area (Å²) in [5.41, 5.74) is -3.43. The number of benzene rings is 3. The number of nitrogens with one attached hydrogen (secondary N) is 1. The molecule has 0 radical (unpaired) electrons. The molecule has 0 unspecified atom stereocenters. The second-order valence-corrected chi connectivity index (χ2v) is 17.4. The van der Waals surface area contributed by atoms with Crippen LogP contribution in [0, 0.1) is 0 Å². The molecular formula is C47H52N2O16. The van der Waals surface area contributed by atoms with Gasteiger partial charge in [-0.3, -0.25) is 34.2 Å².